The van der Waals surface area contributed by atoms with Gasteiger partial charge in [0.05, 0.1) is 44.2 Å². The van der Waals surface area contributed by atoms with Crippen LogP contribution < -0.4 is 4.90 Å². The van der Waals surface area contributed by atoms with Crippen molar-refractivity contribution in [3.05, 3.63) is 18.1 Å². The van der Waals surface area contributed by atoms with Crippen molar-refractivity contribution in [1.82, 2.24) is 12.5 Å². The molecule has 3 rings (SSSR count). The Hall–Kier alpha value is 0.540. The molecule has 1 fully saturated rings. The van der Waals surface area contributed by atoms with Gasteiger partial charge in [0, 0.05) is 52.4 Å². The first-order valence-electron chi connectivity index (χ1n) is 7.48. The van der Waals surface area contributed by atoms with Gasteiger partial charge in [0.1, 0.15) is 17.2 Å². The molecule has 23 heavy (non-hydrogen) atoms. The van der Waals surface area contributed by atoms with E-state index in [9.17, 15) is 0 Å². The van der Waals surface area contributed by atoms with Crippen molar-refractivity contribution in [2.45, 2.75) is 36.8 Å². The number of anilines is 1. The number of halogens is 2. The van der Waals surface area contributed by atoms with Gasteiger partial charge in [0.2, 0.25) is 0 Å². The van der Waals surface area contributed by atoms with Crippen LogP contribution in [0, 0.1) is 5.92 Å². The molecule has 0 unspecified atom stereocenters. The van der Waals surface area contributed by atoms with Crippen LogP contribution in [0.2, 0.25) is 0 Å². The molecule has 2 aliphatic rings. The summed E-state index contributed by atoms with van der Waals surface area (Å²) in [5, 5.41) is 1.03. The monoisotopic (exact) mass is 576 g/mol. The van der Waals surface area contributed by atoms with Crippen molar-refractivity contribution in [2.24, 2.45) is 5.92 Å². The number of nitrogens with zero attached hydrogens (tertiary/aromatic N) is 4. The largest absolute Gasteiger partial charge is 0.356 e. The van der Waals surface area contributed by atoms with E-state index < -0.39 is 0 Å². The van der Waals surface area contributed by atoms with E-state index in [1.807, 2.05) is 2.52 Å². The molecular weight excluding hydrogens is 558 g/mol. The maximum absolute atomic E-state index is 5.49. The minimum atomic E-state index is 0.550. The van der Waals surface area contributed by atoms with Crippen molar-refractivity contribution in [3.63, 3.8) is 0 Å². The summed E-state index contributed by atoms with van der Waals surface area (Å²) in [5.74, 6) is 1.75. The minimum absolute atomic E-state index is 0.550. The van der Waals surface area contributed by atoms with Crippen LogP contribution in [0.4, 0.5) is 5.82 Å². The minimum Gasteiger partial charge on any atom is -0.356 e. The van der Waals surface area contributed by atoms with E-state index in [4.69, 9.17) is 4.18 Å². The molecule has 0 amide bonds. The van der Waals surface area contributed by atoms with Crippen LogP contribution in [0.5, 0.6) is 0 Å². The molecular formula is C14H18I2N4OS2. The second-order valence-electron chi connectivity index (χ2n) is 5.73. The van der Waals surface area contributed by atoms with Crippen molar-refractivity contribution < 1.29 is 4.18 Å². The summed E-state index contributed by atoms with van der Waals surface area (Å²) >= 11 is 6.08. The summed E-state index contributed by atoms with van der Waals surface area (Å²) in [4.78, 5) is 11.3. The Morgan fingerprint density at radius 2 is 2.17 bits per heavy atom. The highest BCUT2D eigenvalue weighted by Crippen LogP contribution is 2.38. The highest BCUT2D eigenvalue weighted by atomic mass is 127. The normalized spacial score (nSPS) is 23.7. The Morgan fingerprint density at radius 1 is 1.39 bits per heavy atom. The van der Waals surface area contributed by atoms with E-state index in [0.717, 1.165) is 23.0 Å². The zero-order chi connectivity index (χ0) is 16.2. The lowest BCUT2D eigenvalue weighted by atomic mass is 9.86. The summed E-state index contributed by atoms with van der Waals surface area (Å²) in [7, 11) is 3.61. The fourth-order valence-corrected chi connectivity index (χ4v) is 5.15. The van der Waals surface area contributed by atoms with E-state index in [2.05, 4.69) is 78.3 Å². The maximum Gasteiger partial charge on any atom is 0.140 e. The van der Waals surface area contributed by atoms with Crippen LogP contribution >= 0.6 is 65.2 Å². The van der Waals surface area contributed by atoms with Crippen LogP contribution in [-0.4, -0.2) is 32.2 Å². The number of fused-ring (bicyclic) bond motifs is 1. The van der Waals surface area contributed by atoms with Crippen LogP contribution in [0.15, 0.2) is 17.6 Å². The summed E-state index contributed by atoms with van der Waals surface area (Å²) in [6.07, 6.45) is 10.7. The molecule has 0 N–H and O–H groups in total. The van der Waals surface area contributed by atoms with Gasteiger partial charge in [-0.3, -0.25) is 2.52 Å². The summed E-state index contributed by atoms with van der Waals surface area (Å²) in [6.45, 7) is 0.873. The van der Waals surface area contributed by atoms with Crippen LogP contribution in [-0.2, 0) is 4.18 Å². The van der Waals surface area contributed by atoms with Gasteiger partial charge in [-0.15, -0.1) is 0 Å². The molecule has 2 heterocycles. The molecule has 5 nitrogen and oxygen atoms in total. The van der Waals surface area contributed by atoms with Gasteiger partial charge in [0.25, 0.3) is 0 Å². The van der Waals surface area contributed by atoms with Crippen molar-refractivity contribution in [1.29, 1.82) is 0 Å². The van der Waals surface area contributed by atoms with E-state index in [-0.39, 0.29) is 0 Å². The van der Waals surface area contributed by atoms with Gasteiger partial charge in [-0.05, 0) is 37.7 Å². The van der Waals surface area contributed by atoms with Gasteiger partial charge in [0.15, 0.2) is 0 Å². The van der Waals surface area contributed by atoms with Gasteiger partial charge < -0.3 is 9.08 Å². The predicted octanol–water partition coefficient (Wildman–Crippen LogP) is 5.13. The van der Waals surface area contributed by atoms with Crippen molar-refractivity contribution in [2.75, 3.05) is 18.6 Å². The van der Waals surface area contributed by atoms with Crippen LogP contribution in [0.1, 0.15) is 31.2 Å². The highest BCUT2D eigenvalue weighted by molar-refractivity contribution is 14.2. The summed E-state index contributed by atoms with van der Waals surface area (Å²) in [6, 6.07) is 0.550. The molecule has 9 heteroatoms. The maximum atomic E-state index is 5.49. The predicted molar refractivity (Wildman–Crippen MR) is 114 cm³/mol. The zero-order valence-electron chi connectivity index (χ0n) is 12.7. The van der Waals surface area contributed by atoms with Gasteiger partial charge >= 0.3 is 0 Å². The Kier molecular flexibility index (Phi) is 6.99. The summed E-state index contributed by atoms with van der Waals surface area (Å²) < 4.78 is 7.52. The Morgan fingerprint density at radius 3 is 2.91 bits per heavy atom. The first-order valence-corrected chi connectivity index (χ1v) is 12.5. The van der Waals surface area contributed by atoms with Gasteiger partial charge in [-0.25, -0.2) is 9.97 Å². The Balaban J connectivity index is 1.67. The topological polar surface area (TPSA) is 41.5 Å². The number of hydrogen-bond donors (Lipinski definition) is 0. The lowest BCUT2D eigenvalue weighted by Crippen LogP contribution is -2.37. The fourth-order valence-electron chi connectivity index (χ4n) is 3.11. The molecule has 0 spiro atoms. The van der Waals surface area contributed by atoms with E-state index in [1.165, 1.54) is 34.9 Å². The lowest BCUT2D eigenvalue weighted by molar-refractivity contribution is 0.224. The van der Waals surface area contributed by atoms with Crippen LogP contribution in [0.3, 0.4) is 0 Å². The van der Waals surface area contributed by atoms with E-state index in [0.29, 0.717) is 12.0 Å². The summed E-state index contributed by atoms with van der Waals surface area (Å²) in [5.41, 5.74) is 1.14. The van der Waals surface area contributed by atoms with Crippen molar-refractivity contribution >= 4 is 77.1 Å². The Bertz CT molecular complexity index is 570. The average Bonchev–Trinajstić information content (AvgIpc) is 2.59. The second kappa shape index (κ2) is 8.77. The number of rotatable bonds is 5. The molecule has 0 saturated heterocycles. The smallest absolute Gasteiger partial charge is 0.140 e. The Labute approximate surface area is 171 Å². The standard InChI is InChI=1S/C14H18I2N4OS2/c1-19(11-4-2-10(3-5-11)8-21-23-16)13-12-6-7-20(15)22-14(12)18-9-17-13/h6-7,9-11H,2-5,8H2,1H3. The molecule has 0 bridgehead atoms. The quantitative estimate of drug-likeness (QED) is 0.158. The molecule has 0 radical (unpaired) electrons. The van der Waals surface area contributed by atoms with Gasteiger partial charge in [-0.2, -0.15) is 0 Å². The molecule has 1 aromatic heterocycles. The fraction of sp³-hybridized carbons (Fsp3) is 0.571. The van der Waals surface area contributed by atoms with Crippen molar-refractivity contribution in [3.8, 4) is 0 Å². The molecule has 1 aromatic rings. The first-order chi connectivity index (χ1) is 11.2. The number of aromatic nitrogens is 2. The average molecular weight is 576 g/mol. The zero-order valence-corrected chi connectivity index (χ0v) is 18.6. The number of hydrogen-bond acceptors (Lipinski definition) is 7. The SMILES string of the molecule is CN(c1ncnc2c1C=CN(I)S2)C1CCC(COSI)CC1. The third kappa shape index (κ3) is 4.59. The van der Waals surface area contributed by atoms with E-state index >= 15 is 0 Å². The second-order valence-corrected chi connectivity index (χ2v) is 9.83. The highest BCUT2D eigenvalue weighted by Gasteiger charge is 2.27. The molecule has 1 aliphatic heterocycles. The first kappa shape index (κ1) is 18.3. The van der Waals surface area contributed by atoms with E-state index in [1.54, 1.807) is 18.3 Å². The molecule has 1 saturated carbocycles. The molecule has 126 valence electrons. The third-order valence-corrected chi connectivity index (χ3v) is 7.10. The molecule has 0 aromatic carbocycles. The third-order valence-electron chi connectivity index (χ3n) is 4.40. The lowest BCUT2D eigenvalue weighted by Gasteiger charge is -2.36. The van der Waals surface area contributed by atoms with Gasteiger partial charge in [-0.1, -0.05) is 0 Å². The molecule has 0 atom stereocenters. The van der Waals surface area contributed by atoms with Crippen LogP contribution in [0.25, 0.3) is 6.08 Å². The molecule has 1 aliphatic carbocycles.